The van der Waals surface area contributed by atoms with Gasteiger partial charge in [0, 0.05) is 12.1 Å². The van der Waals surface area contributed by atoms with Crippen LogP contribution >= 0.6 is 0 Å². The van der Waals surface area contributed by atoms with Gasteiger partial charge >= 0.3 is 0 Å². The van der Waals surface area contributed by atoms with E-state index < -0.39 is 11.4 Å². The van der Waals surface area contributed by atoms with E-state index in [2.05, 4.69) is 5.32 Å². The Hall–Kier alpha value is -1.42. The average Bonchev–Trinajstić information content (AvgIpc) is 2.38. The number of benzene rings is 1. The summed E-state index contributed by atoms with van der Waals surface area (Å²) >= 11 is 0. The SMILES string of the molecule is CCC(C)C(C)(O)CNC(=O)c1ccc(C)c(F)c1. The van der Waals surface area contributed by atoms with Crippen molar-refractivity contribution in [3.8, 4) is 0 Å². The number of hydrogen-bond acceptors (Lipinski definition) is 2. The molecule has 0 aromatic heterocycles. The van der Waals surface area contributed by atoms with Crippen molar-refractivity contribution in [1.82, 2.24) is 5.32 Å². The summed E-state index contributed by atoms with van der Waals surface area (Å²) in [6.07, 6.45) is 0.821. The second-order valence-electron chi connectivity index (χ2n) is 5.31. The van der Waals surface area contributed by atoms with Gasteiger partial charge in [0.1, 0.15) is 5.82 Å². The van der Waals surface area contributed by atoms with Gasteiger partial charge in [0.05, 0.1) is 5.60 Å². The molecule has 0 saturated carbocycles. The highest BCUT2D eigenvalue weighted by atomic mass is 19.1. The summed E-state index contributed by atoms with van der Waals surface area (Å²) in [6.45, 7) is 7.40. The van der Waals surface area contributed by atoms with Gasteiger partial charge in [0.25, 0.3) is 5.91 Å². The van der Waals surface area contributed by atoms with Crippen LogP contribution in [0.15, 0.2) is 18.2 Å². The van der Waals surface area contributed by atoms with Crippen molar-refractivity contribution in [3.05, 3.63) is 35.1 Å². The molecule has 19 heavy (non-hydrogen) atoms. The van der Waals surface area contributed by atoms with Crippen LogP contribution < -0.4 is 5.32 Å². The first-order chi connectivity index (χ1) is 8.77. The van der Waals surface area contributed by atoms with Crippen molar-refractivity contribution in [1.29, 1.82) is 0 Å². The summed E-state index contributed by atoms with van der Waals surface area (Å²) in [5, 5.41) is 12.8. The van der Waals surface area contributed by atoms with Gasteiger partial charge in [-0.1, -0.05) is 26.3 Å². The van der Waals surface area contributed by atoms with Gasteiger partial charge < -0.3 is 10.4 Å². The minimum Gasteiger partial charge on any atom is -0.388 e. The van der Waals surface area contributed by atoms with E-state index in [1.807, 2.05) is 13.8 Å². The quantitative estimate of drug-likeness (QED) is 0.861. The molecule has 0 fully saturated rings. The number of hydrogen-bond donors (Lipinski definition) is 2. The Kier molecular flexibility index (Phi) is 5.06. The third-order valence-corrected chi connectivity index (χ3v) is 3.71. The molecule has 106 valence electrons. The predicted octanol–water partition coefficient (Wildman–Crippen LogP) is 2.66. The number of carbonyl (C=O) groups is 1. The van der Waals surface area contributed by atoms with E-state index in [0.717, 1.165) is 6.42 Å². The maximum Gasteiger partial charge on any atom is 0.251 e. The monoisotopic (exact) mass is 267 g/mol. The average molecular weight is 267 g/mol. The Morgan fingerprint density at radius 2 is 2.16 bits per heavy atom. The molecule has 3 nitrogen and oxygen atoms in total. The molecular formula is C15H22FNO2. The lowest BCUT2D eigenvalue weighted by atomic mass is 9.88. The van der Waals surface area contributed by atoms with Crippen LogP contribution in [0.1, 0.15) is 43.1 Å². The molecule has 0 bridgehead atoms. The highest BCUT2D eigenvalue weighted by molar-refractivity contribution is 5.94. The number of carbonyl (C=O) groups excluding carboxylic acids is 1. The zero-order chi connectivity index (χ0) is 14.6. The van der Waals surface area contributed by atoms with Gasteiger partial charge in [-0.25, -0.2) is 4.39 Å². The molecule has 0 aliphatic heterocycles. The molecule has 1 aromatic rings. The van der Waals surface area contributed by atoms with E-state index >= 15 is 0 Å². The molecular weight excluding hydrogens is 245 g/mol. The molecule has 0 spiro atoms. The van der Waals surface area contributed by atoms with Crippen LogP contribution in [-0.4, -0.2) is 23.2 Å². The molecule has 2 N–H and O–H groups in total. The Morgan fingerprint density at radius 3 is 2.68 bits per heavy atom. The largest absolute Gasteiger partial charge is 0.388 e. The minimum atomic E-state index is -0.965. The van der Waals surface area contributed by atoms with Crippen molar-refractivity contribution in [2.75, 3.05) is 6.54 Å². The fourth-order valence-electron chi connectivity index (χ4n) is 1.71. The number of rotatable bonds is 5. The summed E-state index contributed by atoms with van der Waals surface area (Å²) < 4.78 is 13.4. The molecule has 0 heterocycles. The van der Waals surface area contributed by atoms with Crippen molar-refractivity contribution >= 4 is 5.91 Å². The first-order valence-electron chi connectivity index (χ1n) is 6.54. The third kappa shape index (κ3) is 4.03. The van der Waals surface area contributed by atoms with E-state index in [9.17, 15) is 14.3 Å². The van der Waals surface area contributed by atoms with Crippen molar-refractivity contribution < 1.29 is 14.3 Å². The Bertz CT molecular complexity index is 457. The number of nitrogens with one attached hydrogen (secondary N) is 1. The zero-order valence-corrected chi connectivity index (χ0v) is 12.0. The smallest absolute Gasteiger partial charge is 0.251 e. The fraction of sp³-hybridized carbons (Fsp3) is 0.533. The summed E-state index contributed by atoms with van der Waals surface area (Å²) in [7, 11) is 0. The van der Waals surface area contributed by atoms with E-state index in [1.54, 1.807) is 26.0 Å². The maximum atomic E-state index is 13.4. The summed E-state index contributed by atoms with van der Waals surface area (Å²) in [5.41, 5.74) is -0.195. The van der Waals surface area contributed by atoms with Crippen LogP contribution in [0.2, 0.25) is 0 Å². The van der Waals surface area contributed by atoms with Crippen LogP contribution in [0.3, 0.4) is 0 Å². The normalized spacial score (nSPS) is 15.7. The number of amides is 1. The van der Waals surface area contributed by atoms with Gasteiger partial charge in [-0.3, -0.25) is 4.79 Å². The van der Waals surface area contributed by atoms with Crippen LogP contribution in [-0.2, 0) is 0 Å². The molecule has 0 aliphatic rings. The standard InChI is InChI=1S/C15H22FNO2/c1-5-11(3)15(4,19)9-17-14(18)12-7-6-10(2)13(16)8-12/h6-8,11,19H,5,9H2,1-4H3,(H,17,18). The Morgan fingerprint density at radius 1 is 1.53 bits per heavy atom. The second-order valence-corrected chi connectivity index (χ2v) is 5.31. The van der Waals surface area contributed by atoms with Crippen LogP contribution in [0.4, 0.5) is 4.39 Å². The predicted molar refractivity (Wildman–Crippen MR) is 73.5 cm³/mol. The van der Waals surface area contributed by atoms with Gasteiger partial charge in [-0.05, 0) is 37.5 Å². The zero-order valence-electron chi connectivity index (χ0n) is 12.0. The van der Waals surface area contributed by atoms with E-state index in [0.29, 0.717) is 5.56 Å². The summed E-state index contributed by atoms with van der Waals surface area (Å²) in [4.78, 5) is 11.9. The maximum absolute atomic E-state index is 13.4. The molecule has 4 heteroatoms. The molecule has 2 unspecified atom stereocenters. The minimum absolute atomic E-state index is 0.0718. The first-order valence-corrected chi connectivity index (χ1v) is 6.54. The van der Waals surface area contributed by atoms with Gasteiger partial charge in [-0.15, -0.1) is 0 Å². The highest BCUT2D eigenvalue weighted by Crippen LogP contribution is 2.19. The number of aryl methyl sites for hydroxylation is 1. The second kappa shape index (κ2) is 6.15. The number of aliphatic hydroxyl groups is 1. The van der Waals surface area contributed by atoms with Gasteiger partial charge in [0.15, 0.2) is 0 Å². The third-order valence-electron chi connectivity index (χ3n) is 3.71. The Labute approximate surface area is 113 Å². The van der Waals surface area contributed by atoms with Crippen LogP contribution in [0, 0.1) is 18.7 Å². The molecule has 0 aliphatic carbocycles. The molecule has 1 rings (SSSR count). The topological polar surface area (TPSA) is 49.3 Å². The lowest BCUT2D eigenvalue weighted by Gasteiger charge is -2.29. The van der Waals surface area contributed by atoms with E-state index in [-0.39, 0.29) is 23.9 Å². The molecule has 0 radical (unpaired) electrons. The van der Waals surface area contributed by atoms with E-state index in [4.69, 9.17) is 0 Å². The summed E-state index contributed by atoms with van der Waals surface area (Å²) in [6, 6.07) is 4.35. The van der Waals surface area contributed by atoms with Gasteiger partial charge in [-0.2, -0.15) is 0 Å². The first kappa shape index (κ1) is 15.6. The lowest BCUT2D eigenvalue weighted by molar-refractivity contribution is 0.00592. The van der Waals surface area contributed by atoms with E-state index in [1.165, 1.54) is 6.07 Å². The highest BCUT2D eigenvalue weighted by Gasteiger charge is 2.27. The Balaban J connectivity index is 2.68. The number of halogens is 1. The van der Waals surface area contributed by atoms with Crippen molar-refractivity contribution in [2.45, 2.75) is 39.7 Å². The lowest BCUT2D eigenvalue weighted by Crippen LogP contribution is -2.45. The molecule has 1 amide bonds. The summed E-state index contributed by atoms with van der Waals surface area (Å²) in [5.74, 6) is -0.702. The van der Waals surface area contributed by atoms with Crippen LogP contribution in [0.5, 0.6) is 0 Å². The van der Waals surface area contributed by atoms with Crippen LogP contribution in [0.25, 0.3) is 0 Å². The fourth-order valence-corrected chi connectivity index (χ4v) is 1.71. The molecule has 1 aromatic carbocycles. The molecule has 0 saturated heterocycles. The van der Waals surface area contributed by atoms with Crippen molar-refractivity contribution in [2.24, 2.45) is 5.92 Å². The molecule has 2 atom stereocenters. The van der Waals surface area contributed by atoms with Gasteiger partial charge in [0.2, 0.25) is 0 Å². The van der Waals surface area contributed by atoms with Crippen molar-refractivity contribution in [3.63, 3.8) is 0 Å².